The summed E-state index contributed by atoms with van der Waals surface area (Å²) in [5.41, 5.74) is 1.10. The monoisotopic (exact) mass is 643 g/mol. The minimum Gasteiger partial charge on any atom is -0.0776 e. The summed E-state index contributed by atoms with van der Waals surface area (Å²) in [6.07, 6.45) is 0. The van der Waals surface area contributed by atoms with Crippen LogP contribution in [0.5, 0.6) is 0 Å². The molecule has 2 saturated heterocycles. The largest absolute Gasteiger partial charge is 0.0776 e. The molecule has 0 saturated carbocycles. The SMILES string of the molecule is C.C.CC(C)(C)C1(C)C(C)(C)[Si](C)(C)C(C)(C)[Si](C)(C)C1(C)C.CC1(C)C(C)(C)[Si](C)(C)C(C)(C)[Si](C)(C)C1(C)C. The van der Waals surface area contributed by atoms with E-state index in [1.165, 1.54) is 0 Å². The van der Waals surface area contributed by atoms with Gasteiger partial charge in [-0.3, -0.25) is 0 Å². The lowest BCUT2D eigenvalue weighted by Crippen LogP contribution is -2.76. The van der Waals surface area contributed by atoms with Gasteiger partial charge in [0.05, 0.1) is 32.3 Å². The molecule has 2 rings (SSSR count). The lowest BCUT2D eigenvalue weighted by atomic mass is 9.55. The highest BCUT2D eigenvalue weighted by atomic mass is 28.4. The van der Waals surface area contributed by atoms with Crippen LogP contribution in [0.4, 0.5) is 0 Å². The van der Waals surface area contributed by atoms with Gasteiger partial charge in [-0.1, -0.05) is 192 Å². The summed E-state index contributed by atoms with van der Waals surface area (Å²) in [7, 11) is -5.59. The van der Waals surface area contributed by atoms with Crippen LogP contribution in [0, 0.1) is 16.2 Å². The first kappa shape index (κ1) is 44.0. The maximum absolute atomic E-state index is 2.68. The summed E-state index contributed by atoms with van der Waals surface area (Å²) in [4.78, 5) is 0. The molecule has 2 heterocycles. The van der Waals surface area contributed by atoms with Crippen LogP contribution in [0.25, 0.3) is 0 Å². The smallest absolute Gasteiger partial charge is 0.0566 e. The topological polar surface area (TPSA) is 0 Å². The molecule has 250 valence electrons. The van der Waals surface area contributed by atoms with Gasteiger partial charge >= 0.3 is 0 Å². The van der Waals surface area contributed by atoms with Crippen LogP contribution in [0.1, 0.15) is 139 Å². The number of rotatable bonds is 0. The van der Waals surface area contributed by atoms with Crippen molar-refractivity contribution in [3.05, 3.63) is 0 Å². The molecule has 2 aliphatic heterocycles. The van der Waals surface area contributed by atoms with E-state index in [2.05, 4.69) is 177 Å². The molecule has 0 N–H and O–H groups in total. The van der Waals surface area contributed by atoms with Crippen molar-refractivity contribution < 1.29 is 0 Å². The van der Waals surface area contributed by atoms with E-state index in [9.17, 15) is 0 Å². The molecule has 0 aromatic rings. The van der Waals surface area contributed by atoms with Crippen LogP contribution in [-0.2, 0) is 0 Å². The van der Waals surface area contributed by atoms with Gasteiger partial charge in [-0.05, 0) is 45.7 Å². The van der Waals surface area contributed by atoms with Crippen molar-refractivity contribution in [2.24, 2.45) is 16.2 Å². The second-order valence-corrected chi connectivity index (χ2v) is 45.2. The fourth-order valence-corrected chi connectivity index (χ4v) is 41.3. The normalized spacial score (nSPS) is 31.2. The maximum Gasteiger partial charge on any atom is 0.0566 e. The van der Waals surface area contributed by atoms with Gasteiger partial charge in [-0.2, -0.15) is 0 Å². The van der Waals surface area contributed by atoms with Gasteiger partial charge < -0.3 is 0 Å². The molecule has 0 aliphatic carbocycles. The first-order valence-corrected chi connectivity index (χ1v) is 28.2. The van der Waals surface area contributed by atoms with Gasteiger partial charge in [0, 0.05) is 0 Å². The highest BCUT2D eigenvalue weighted by Crippen LogP contribution is 2.82. The summed E-state index contributed by atoms with van der Waals surface area (Å²) >= 11 is 0. The Labute approximate surface area is 268 Å². The predicted molar refractivity (Wildman–Crippen MR) is 209 cm³/mol. The van der Waals surface area contributed by atoms with E-state index in [4.69, 9.17) is 0 Å². The van der Waals surface area contributed by atoms with Crippen LogP contribution < -0.4 is 0 Å². The Balaban J connectivity index is 0. The zero-order valence-corrected chi connectivity index (χ0v) is 36.5. The van der Waals surface area contributed by atoms with Crippen molar-refractivity contribution in [1.29, 1.82) is 0 Å². The third kappa shape index (κ3) is 4.44. The molecule has 0 bridgehead atoms. The molecule has 0 aromatic carbocycles. The van der Waals surface area contributed by atoms with Crippen molar-refractivity contribution in [3.63, 3.8) is 0 Å². The van der Waals surface area contributed by atoms with Crippen molar-refractivity contribution >= 4 is 32.3 Å². The third-order valence-corrected chi connectivity index (χ3v) is 54.4. The molecule has 41 heavy (non-hydrogen) atoms. The van der Waals surface area contributed by atoms with Gasteiger partial charge in [0.1, 0.15) is 0 Å². The Hall–Kier alpha value is 0.868. The van der Waals surface area contributed by atoms with Gasteiger partial charge in [-0.15, -0.1) is 0 Å². The Morgan fingerprint density at radius 3 is 0.683 bits per heavy atom. The van der Waals surface area contributed by atoms with Gasteiger partial charge in [0.15, 0.2) is 0 Å². The molecular formula is C37H86Si4. The second kappa shape index (κ2) is 10.4. The Bertz CT molecular complexity index is 797. The first-order chi connectivity index (χ1) is 16.2. The number of hydrogen-bond acceptors (Lipinski definition) is 0. The minimum absolute atomic E-state index is 0. The molecule has 4 heteroatoms. The van der Waals surface area contributed by atoms with E-state index < -0.39 is 32.3 Å². The number of hydrogen-bond donors (Lipinski definition) is 0. The summed E-state index contributed by atoms with van der Waals surface area (Å²) in [5, 5.41) is 1.76. The Morgan fingerprint density at radius 2 is 0.512 bits per heavy atom. The van der Waals surface area contributed by atoms with E-state index in [1.54, 1.807) is 0 Å². The molecule has 0 aromatic heterocycles. The molecule has 2 fully saturated rings. The summed E-state index contributed by atoms with van der Waals surface area (Å²) in [5.74, 6) is 0. The van der Waals surface area contributed by atoms with E-state index in [0.29, 0.717) is 45.7 Å². The molecule has 0 nitrogen and oxygen atoms in total. The van der Waals surface area contributed by atoms with E-state index in [0.717, 1.165) is 0 Å². The summed E-state index contributed by atoms with van der Waals surface area (Å²) < 4.78 is 1.11. The van der Waals surface area contributed by atoms with Crippen molar-refractivity contribution in [2.45, 2.75) is 221 Å². The molecule has 0 radical (unpaired) electrons. The molecule has 0 unspecified atom stereocenters. The first-order valence-electron chi connectivity index (χ1n) is 16.2. The fraction of sp³-hybridized carbons (Fsp3) is 1.00. The molecule has 0 spiro atoms. The van der Waals surface area contributed by atoms with Crippen LogP contribution in [0.15, 0.2) is 0 Å². The van der Waals surface area contributed by atoms with Gasteiger partial charge in [0.2, 0.25) is 0 Å². The quantitative estimate of drug-likeness (QED) is 0.231. The Kier molecular flexibility index (Phi) is 11.2. The van der Waals surface area contributed by atoms with Crippen LogP contribution in [-0.4, -0.2) is 32.3 Å². The van der Waals surface area contributed by atoms with Crippen LogP contribution in [0.3, 0.4) is 0 Å². The third-order valence-electron chi connectivity index (χ3n) is 19.6. The van der Waals surface area contributed by atoms with Crippen molar-refractivity contribution in [3.8, 4) is 0 Å². The molecular weight excluding hydrogens is 557 g/mol. The maximum atomic E-state index is 2.68. The van der Waals surface area contributed by atoms with Crippen molar-refractivity contribution in [2.75, 3.05) is 0 Å². The minimum atomic E-state index is -1.45. The lowest BCUT2D eigenvalue weighted by Gasteiger charge is -2.78. The second-order valence-electron chi connectivity index (χ2n) is 21.2. The van der Waals surface area contributed by atoms with E-state index >= 15 is 0 Å². The molecule has 0 atom stereocenters. The lowest BCUT2D eigenvalue weighted by molar-refractivity contribution is 0.00313. The van der Waals surface area contributed by atoms with E-state index in [-0.39, 0.29) is 14.9 Å². The van der Waals surface area contributed by atoms with Gasteiger partial charge in [-0.25, -0.2) is 0 Å². The van der Waals surface area contributed by atoms with Crippen LogP contribution >= 0.6 is 0 Å². The van der Waals surface area contributed by atoms with Gasteiger partial charge in [0.25, 0.3) is 0 Å². The fourth-order valence-electron chi connectivity index (χ4n) is 10.9. The highest BCUT2D eigenvalue weighted by Gasteiger charge is 2.77. The summed E-state index contributed by atoms with van der Waals surface area (Å²) in [6, 6.07) is 0. The summed E-state index contributed by atoms with van der Waals surface area (Å²) in [6.45, 7) is 67.7. The standard InChI is InChI=1S/C19H42Si2.C16H36Si2.2CH4/c1-15(2,3)19(10)16(4,5)20(11,12)18(8,9)21(13,14)17(19,6)7;1-13(2)14(3,4)17(9,10)16(7,8)18(11,12)15(13,5)6;;/h1-14H3;1-12H3;2*1H4. The van der Waals surface area contributed by atoms with E-state index in [1.807, 2.05) is 0 Å². The zero-order valence-electron chi connectivity index (χ0n) is 32.5. The highest BCUT2D eigenvalue weighted by molar-refractivity contribution is 7.04. The molecule has 0 amide bonds. The molecule has 2 aliphatic rings. The Morgan fingerprint density at radius 1 is 0.341 bits per heavy atom. The average molecular weight is 643 g/mol. The average Bonchev–Trinajstić information content (AvgIpc) is 2.69. The zero-order chi connectivity index (χ0) is 32.5. The van der Waals surface area contributed by atoms with Crippen LogP contribution in [0.2, 0.25) is 81.9 Å². The predicted octanol–water partition coefficient (Wildman–Crippen LogP) is 14.9. The van der Waals surface area contributed by atoms with Crippen molar-refractivity contribution in [1.82, 2.24) is 0 Å².